The van der Waals surface area contributed by atoms with Gasteiger partial charge in [0.2, 0.25) is 5.91 Å². The lowest BCUT2D eigenvalue weighted by Gasteiger charge is -2.26. The Hall–Kier alpha value is -3.02. The molecular weight excluding hydrogens is 334 g/mol. The van der Waals surface area contributed by atoms with Crippen LogP contribution in [0.25, 0.3) is 0 Å². The van der Waals surface area contributed by atoms with E-state index in [1.54, 1.807) is 31.2 Å². The van der Waals surface area contributed by atoms with Gasteiger partial charge in [-0.1, -0.05) is 12.1 Å². The first kappa shape index (κ1) is 17.8. The number of para-hydroxylation sites is 2. The molecule has 2 aromatic rings. The first-order chi connectivity index (χ1) is 12.7. The van der Waals surface area contributed by atoms with Crippen molar-refractivity contribution in [1.29, 1.82) is 0 Å². The van der Waals surface area contributed by atoms with Crippen LogP contribution in [-0.4, -0.2) is 31.2 Å². The molecule has 0 spiro atoms. The molecule has 0 radical (unpaired) electrons. The van der Waals surface area contributed by atoms with Crippen molar-refractivity contribution in [3.8, 4) is 11.5 Å². The topological polar surface area (TPSA) is 73.9 Å². The Morgan fingerprint density at radius 1 is 1.12 bits per heavy atom. The molecule has 1 atom stereocenters. The van der Waals surface area contributed by atoms with E-state index >= 15 is 0 Å². The van der Waals surface area contributed by atoms with E-state index in [9.17, 15) is 9.59 Å². The number of hydrogen-bond donors (Lipinski definition) is 1. The summed E-state index contributed by atoms with van der Waals surface area (Å²) in [6.07, 6.45) is 0.721. The molecule has 0 unspecified atom stereocenters. The minimum absolute atomic E-state index is 0.114. The number of nitrogens with one attached hydrogen (secondary N) is 1. The summed E-state index contributed by atoms with van der Waals surface area (Å²) in [5.41, 5.74) is 1.09. The average Bonchev–Trinajstić information content (AvgIpc) is 2.67. The number of esters is 1. The van der Waals surface area contributed by atoms with Crippen molar-refractivity contribution in [2.75, 3.05) is 18.5 Å². The highest BCUT2D eigenvalue weighted by molar-refractivity contribution is 5.93. The molecule has 1 aliphatic heterocycles. The summed E-state index contributed by atoms with van der Waals surface area (Å²) >= 11 is 0. The zero-order valence-corrected chi connectivity index (χ0v) is 14.6. The fourth-order valence-electron chi connectivity index (χ4n) is 2.62. The number of fused-ring (bicyclic) bond motifs is 1. The van der Waals surface area contributed by atoms with Crippen LogP contribution in [-0.2, 0) is 9.53 Å². The van der Waals surface area contributed by atoms with E-state index in [0.717, 1.165) is 5.75 Å². The zero-order chi connectivity index (χ0) is 18.4. The van der Waals surface area contributed by atoms with Gasteiger partial charge in [0.25, 0.3) is 0 Å². The van der Waals surface area contributed by atoms with Gasteiger partial charge in [0.05, 0.1) is 12.2 Å². The Bertz CT molecular complexity index is 772. The van der Waals surface area contributed by atoms with E-state index in [-0.39, 0.29) is 18.0 Å². The number of carbonyl (C=O) groups is 2. The molecule has 0 aliphatic carbocycles. The molecule has 0 saturated heterocycles. The Kier molecular flexibility index (Phi) is 5.73. The van der Waals surface area contributed by atoms with Gasteiger partial charge in [0.1, 0.15) is 12.7 Å². The third kappa shape index (κ3) is 4.53. The predicted molar refractivity (Wildman–Crippen MR) is 96.6 cm³/mol. The second-order valence-electron chi connectivity index (χ2n) is 5.88. The van der Waals surface area contributed by atoms with Crippen LogP contribution >= 0.6 is 0 Å². The number of amides is 1. The van der Waals surface area contributed by atoms with Gasteiger partial charge in [-0.2, -0.15) is 0 Å². The van der Waals surface area contributed by atoms with Crippen molar-refractivity contribution >= 4 is 17.6 Å². The number of ether oxygens (including phenoxy) is 3. The lowest BCUT2D eigenvalue weighted by atomic mass is 10.1. The van der Waals surface area contributed by atoms with Gasteiger partial charge in [-0.05, 0) is 49.7 Å². The third-order valence-electron chi connectivity index (χ3n) is 3.94. The molecule has 0 fully saturated rings. The molecule has 0 saturated carbocycles. The molecule has 2 aromatic carbocycles. The number of benzene rings is 2. The van der Waals surface area contributed by atoms with Crippen LogP contribution in [0.4, 0.5) is 5.69 Å². The molecule has 6 heteroatoms. The molecule has 136 valence electrons. The number of hydrogen-bond acceptors (Lipinski definition) is 5. The standard InChI is InChI=1S/C20H21NO5/c1-2-24-20(23)14-7-9-15(10-8-14)21-19(22)12-11-16-13-25-17-5-3-4-6-18(17)26-16/h3-10,16H,2,11-13H2,1H3,(H,21,22)/t16-/m1/s1. The predicted octanol–water partition coefficient (Wildman–Crippen LogP) is 3.42. The van der Waals surface area contributed by atoms with E-state index < -0.39 is 0 Å². The first-order valence-corrected chi connectivity index (χ1v) is 8.61. The number of carbonyl (C=O) groups excluding carboxylic acids is 2. The molecular formula is C20H21NO5. The van der Waals surface area contributed by atoms with E-state index in [2.05, 4.69) is 5.32 Å². The smallest absolute Gasteiger partial charge is 0.338 e. The molecule has 0 aromatic heterocycles. The van der Waals surface area contributed by atoms with Crippen molar-refractivity contribution < 1.29 is 23.8 Å². The van der Waals surface area contributed by atoms with Crippen LogP contribution in [0.3, 0.4) is 0 Å². The zero-order valence-electron chi connectivity index (χ0n) is 14.6. The molecule has 1 N–H and O–H groups in total. The molecule has 1 amide bonds. The monoisotopic (exact) mass is 355 g/mol. The van der Waals surface area contributed by atoms with Crippen LogP contribution in [0, 0.1) is 0 Å². The van der Waals surface area contributed by atoms with Crippen LogP contribution in [0.2, 0.25) is 0 Å². The summed E-state index contributed by atoms with van der Waals surface area (Å²) in [6, 6.07) is 14.1. The van der Waals surface area contributed by atoms with Gasteiger partial charge in [0, 0.05) is 12.1 Å². The Balaban J connectivity index is 1.47. The van der Waals surface area contributed by atoms with Crippen molar-refractivity contribution in [2.24, 2.45) is 0 Å². The van der Waals surface area contributed by atoms with Crippen molar-refractivity contribution in [2.45, 2.75) is 25.9 Å². The first-order valence-electron chi connectivity index (χ1n) is 8.61. The van der Waals surface area contributed by atoms with E-state index in [0.29, 0.717) is 43.1 Å². The second-order valence-corrected chi connectivity index (χ2v) is 5.88. The maximum atomic E-state index is 12.1. The Morgan fingerprint density at radius 2 is 1.85 bits per heavy atom. The SMILES string of the molecule is CCOC(=O)c1ccc(NC(=O)CC[C@@H]2COc3ccccc3O2)cc1. The molecule has 1 heterocycles. The Morgan fingerprint density at radius 3 is 2.58 bits per heavy atom. The lowest BCUT2D eigenvalue weighted by Crippen LogP contribution is -2.30. The summed E-state index contributed by atoms with van der Waals surface area (Å²) in [4.78, 5) is 23.7. The second kappa shape index (κ2) is 8.38. The van der Waals surface area contributed by atoms with Crippen LogP contribution < -0.4 is 14.8 Å². The average molecular weight is 355 g/mol. The summed E-state index contributed by atoms with van der Waals surface area (Å²) in [5, 5.41) is 2.81. The van der Waals surface area contributed by atoms with Crippen molar-refractivity contribution in [3.63, 3.8) is 0 Å². The van der Waals surface area contributed by atoms with Crippen LogP contribution in [0.1, 0.15) is 30.1 Å². The minimum atomic E-state index is -0.375. The van der Waals surface area contributed by atoms with Gasteiger partial charge in [-0.25, -0.2) is 4.79 Å². The maximum absolute atomic E-state index is 12.1. The van der Waals surface area contributed by atoms with Gasteiger partial charge in [0.15, 0.2) is 11.5 Å². The molecule has 0 bridgehead atoms. The lowest BCUT2D eigenvalue weighted by molar-refractivity contribution is -0.116. The van der Waals surface area contributed by atoms with Crippen LogP contribution in [0.5, 0.6) is 11.5 Å². The van der Waals surface area contributed by atoms with Crippen molar-refractivity contribution in [1.82, 2.24) is 0 Å². The highest BCUT2D eigenvalue weighted by atomic mass is 16.6. The summed E-state index contributed by atoms with van der Waals surface area (Å²) < 4.78 is 16.4. The van der Waals surface area contributed by atoms with E-state index in [1.807, 2.05) is 24.3 Å². The molecule has 3 rings (SSSR count). The quantitative estimate of drug-likeness (QED) is 0.804. The fraction of sp³-hybridized carbons (Fsp3) is 0.300. The highest BCUT2D eigenvalue weighted by Gasteiger charge is 2.21. The van der Waals surface area contributed by atoms with Gasteiger partial charge < -0.3 is 19.5 Å². The van der Waals surface area contributed by atoms with Gasteiger partial charge >= 0.3 is 5.97 Å². The minimum Gasteiger partial charge on any atom is -0.486 e. The highest BCUT2D eigenvalue weighted by Crippen LogP contribution is 2.31. The van der Waals surface area contributed by atoms with Crippen molar-refractivity contribution in [3.05, 3.63) is 54.1 Å². The van der Waals surface area contributed by atoms with E-state index in [1.165, 1.54) is 0 Å². The van der Waals surface area contributed by atoms with Gasteiger partial charge in [-0.15, -0.1) is 0 Å². The Labute approximate surface area is 152 Å². The van der Waals surface area contributed by atoms with Gasteiger partial charge in [-0.3, -0.25) is 4.79 Å². The molecule has 26 heavy (non-hydrogen) atoms. The van der Waals surface area contributed by atoms with Crippen LogP contribution in [0.15, 0.2) is 48.5 Å². The number of rotatable bonds is 6. The normalized spacial score (nSPS) is 15.2. The summed E-state index contributed by atoms with van der Waals surface area (Å²) in [6.45, 7) is 2.51. The number of anilines is 1. The summed E-state index contributed by atoms with van der Waals surface area (Å²) in [7, 11) is 0. The van der Waals surface area contributed by atoms with E-state index in [4.69, 9.17) is 14.2 Å². The largest absolute Gasteiger partial charge is 0.486 e. The summed E-state index contributed by atoms with van der Waals surface area (Å²) in [5.74, 6) is 0.949. The third-order valence-corrected chi connectivity index (χ3v) is 3.94. The molecule has 1 aliphatic rings. The fourth-order valence-corrected chi connectivity index (χ4v) is 2.62. The maximum Gasteiger partial charge on any atom is 0.338 e. The molecule has 6 nitrogen and oxygen atoms in total.